The van der Waals surface area contributed by atoms with Crippen molar-refractivity contribution in [2.45, 2.75) is 11.8 Å². The molecule has 0 saturated heterocycles. The average molecular weight is 328 g/mol. The van der Waals surface area contributed by atoms with Gasteiger partial charge in [0.15, 0.2) is 0 Å². The Bertz CT molecular complexity index is 371. The molecule has 0 saturated carbocycles. The van der Waals surface area contributed by atoms with Crippen LogP contribution < -0.4 is 0 Å². The summed E-state index contributed by atoms with van der Waals surface area (Å²) in [6, 6.07) is 10.3. The number of hydrogen-bond donors (Lipinski definition) is 0. The Kier molecular flexibility index (Phi) is 67.3. The molecule has 0 unspecified atom stereocenters. The monoisotopic (exact) mass is 328 g/mol. The van der Waals surface area contributed by atoms with Gasteiger partial charge in [0.1, 0.15) is 0 Å². The van der Waals surface area contributed by atoms with Gasteiger partial charge in [0.25, 0.3) is 0 Å². The van der Waals surface area contributed by atoms with Crippen molar-refractivity contribution < 1.29 is 39.1 Å². The SMILES string of the molecule is C[C](=[Cr])Sc1ccccc1.[C-]#[O+].[C-]#[O+].[C-]#[O+].[C-]#[O+].[C-]#[O+]. The van der Waals surface area contributed by atoms with E-state index in [1.807, 2.05) is 18.2 Å². The van der Waals surface area contributed by atoms with Crippen molar-refractivity contribution in [1.29, 1.82) is 0 Å². The normalized spacial score (nSPS) is 5.15. The van der Waals surface area contributed by atoms with E-state index in [1.54, 1.807) is 11.8 Å². The van der Waals surface area contributed by atoms with Crippen molar-refractivity contribution in [1.82, 2.24) is 0 Å². The molecular formula is C13H8CrO5S. The van der Waals surface area contributed by atoms with Gasteiger partial charge in [0, 0.05) is 0 Å². The Labute approximate surface area is 130 Å². The molecule has 0 fully saturated rings. The van der Waals surface area contributed by atoms with Crippen LogP contribution in [0.15, 0.2) is 35.2 Å². The fourth-order valence-electron chi connectivity index (χ4n) is 0.655. The van der Waals surface area contributed by atoms with Crippen LogP contribution in [0.1, 0.15) is 6.92 Å². The first-order chi connectivity index (χ1) is 9.79. The maximum absolute atomic E-state index is 7.50. The zero-order valence-electron chi connectivity index (χ0n) is 10.2. The first kappa shape index (κ1) is 31.2. The molecule has 0 aromatic heterocycles. The summed E-state index contributed by atoms with van der Waals surface area (Å²) >= 11 is 4.73. The molecule has 0 aliphatic rings. The van der Waals surface area contributed by atoms with E-state index in [4.69, 9.17) is 23.3 Å². The van der Waals surface area contributed by atoms with Crippen LogP contribution in [0.5, 0.6) is 0 Å². The minimum atomic E-state index is 1.26. The van der Waals surface area contributed by atoms with Gasteiger partial charge >= 0.3 is 130 Å². The molecule has 0 spiro atoms. The third kappa shape index (κ3) is 36.0. The Balaban J connectivity index is -0.0000000639. The molecule has 0 amide bonds. The first-order valence-corrected chi connectivity index (χ1v) is 5.50. The number of rotatable bonds is 2. The van der Waals surface area contributed by atoms with Crippen LogP contribution in [-0.2, 0) is 39.1 Å². The number of benzene rings is 1. The first-order valence-electron chi connectivity index (χ1n) is 4.04. The molecule has 20 heavy (non-hydrogen) atoms. The van der Waals surface area contributed by atoms with Gasteiger partial charge in [0.2, 0.25) is 0 Å². The molecule has 0 aliphatic heterocycles. The molecule has 1 aromatic carbocycles. The van der Waals surface area contributed by atoms with Crippen LogP contribution >= 0.6 is 11.8 Å². The molecule has 0 bridgehead atoms. The van der Waals surface area contributed by atoms with E-state index in [-0.39, 0.29) is 0 Å². The van der Waals surface area contributed by atoms with Gasteiger partial charge < -0.3 is 0 Å². The van der Waals surface area contributed by atoms with Crippen LogP contribution in [-0.4, -0.2) is 3.71 Å². The summed E-state index contributed by atoms with van der Waals surface area (Å²) in [5.74, 6) is 0. The van der Waals surface area contributed by atoms with Crippen molar-refractivity contribution in [2.75, 3.05) is 0 Å². The maximum atomic E-state index is 7.50. The van der Waals surface area contributed by atoms with E-state index < -0.39 is 0 Å². The van der Waals surface area contributed by atoms with Gasteiger partial charge in [-0.1, -0.05) is 0 Å². The summed E-state index contributed by atoms with van der Waals surface area (Å²) in [6.45, 7) is 24.6. The predicted octanol–water partition coefficient (Wildman–Crippen LogP) is 2.29. The summed E-state index contributed by atoms with van der Waals surface area (Å²) in [7, 11) is 0. The van der Waals surface area contributed by atoms with E-state index in [2.05, 4.69) is 68.2 Å². The molecule has 1 aromatic rings. The summed E-state index contributed by atoms with van der Waals surface area (Å²) in [5, 5.41) is 0. The average Bonchev–Trinajstić information content (AvgIpc) is 2.57. The molecule has 102 valence electrons. The van der Waals surface area contributed by atoms with E-state index in [0.717, 1.165) is 0 Å². The summed E-state index contributed by atoms with van der Waals surface area (Å²) in [4.78, 5) is 1.29. The third-order valence-corrected chi connectivity index (χ3v) is 2.19. The van der Waals surface area contributed by atoms with E-state index in [9.17, 15) is 0 Å². The quantitative estimate of drug-likeness (QED) is 0.464. The van der Waals surface area contributed by atoms with Gasteiger partial charge in [-0.05, 0) is 0 Å². The fraction of sp³-hybridized carbons (Fsp3) is 0.0769. The fourth-order valence-corrected chi connectivity index (χ4v) is 1.73. The number of hydrogen-bond acceptors (Lipinski definition) is 1. The third-order valence-electron chi connectivity index (χ3n) is 1.00. The minimum absolute atomic E-state index is 1.26. The van der Waals surface area contributed by atoms with Gasteiger partial charge in [-0.25, -0.2) is 0 Å². The van der Waals surface area contributed by atoms with Crippen molar-refractivity contribution in [2.24, 2.45) is 0 Å². The van der Waals surface area contributed by atoms with Crippen molar-refractivity contribution in [3.63, 3.8) is 0 Å². The molecule has 0 heterocycles. The van der Waals surface area contributed by atoms with Crippen LogP contribution in [0.4, 0.5) is 0 Å². The molecule has 1 rings (SSSR count). The molecule has 0 radical (unpaired) electrons. The molecular weight excluding hydrogens is 320 g/mol. The Morgan fingerprint density at radius 1 is 0.800 bits per heavy atom. The molecule has 0 atom stereocenters. The van der Waals surface area contributed by atoms with E-state index in [0.29, 0.717) is 0 Å². The van der Waals surface area contributed by atoms with Gasteiger partial charge in [-0.15, -0.1) is 0 Å². The second-order valence-electron chi connectivity index (χ2n) is 1.91. The number of thioether (sulfide) groups is 1. The predicted molar refractivity (Wildman–Crippen MR) is 62.6 cm³/mol. The van der Waals surface area contributed by atoms with E-state index in [1.165, 1.54) is 8.61 Å². The van der Waals surface area contributed by atoms with Gasteiger partial charge in [0.05, 0.1) is 0 Å². The topological polar surface area (TPSA) is 99.5 Å². The van der Waals surface area contributed by atoms with Gasteiger partial charge in [-0.3, -0.25) is 0 Å². The Hall–Kier alpha value is -1.33. The van der Waals surface area contributed by atoms with Gasteiger partial charge in [-0.2, -0.15) is 0 Å². The molecule has 0 N–H and O–H groups in total. The molecule has 0 aliphatic carbocycles. The Morgan fingerprint density at radius 3 is 1.35 bits per heavy atom. The molecule has 7 heteroatoms. The van der Waals surface area contributed by atoms with Crippen molar-refractivity contribution in [3.05, 3.63) is 63.6 Å². The standard InChI is InChI=1S/C8H8S.5CO.Cr/c1-2-9-8-6-4-3-5-7-8;5*1-2;/h3-7H,1H3;;;;;;. The zero-order valence-corrected chi connectivity index (χ0v) is 12.3. The van der Waals surface area contributed by atoms with Crippen molar-refractivity contribution >= 4 is 15.5 Å². The summed E-state index contributed by atoms with van der Waals surface area (Å²) < 4.78 is 38.8. The van der Waals surface area contributed by atoms with Crippen molar-refractivity contribution in [3.8, 4) is 0 Å². The van der Waals surface area contributed by atoms with Crippen LogP contribution in [0, 0.1) is 33.3 Å². The summed E-state index contributed by atoms with van der Waals surface area (Å²) in [6.07, 6.45) is 0. The Morgan fingerprint density at radius 2 is 1.10 bits per heavy atom. The second kappa shape index (κ2) is 43.1. The molecule has 5 nitrogen and oxygen atoms in total. The zero-order chi connectivity index (χ0) is 17.4. The van der Waals surface area contributed by atoms with Crippen LogP contribution in [0.25, 0.3) is 0 Å². The summed E-state index contributed by atoms with van der Waals surface area (Å²) in [5.41, 5.74) is 0. The van der Waals surface area contributed by atoms with Crippen LogP contribution in [0.2, 0.25) is 0 Å². The van der Waals surface area contributed by atoms with Crippen LogP contribution in [0.3, 0.4) is 0 Å². The van der Waals surface area contributed by atoms with E-state index >= 15 is 0 Å². The second-order valence-corrected chi connectivity index (χ2v) is 4.58.